The van der Waals surface area contributed by atoms with Gasteiger partial charge in [0.15, 0.2) is 24.8 Å². The summed E-state index contributed by atoms with van der Waals surface area (Å²) >= 11 is 0. The van der Waals surface area contributed by atoms with Crippen LogP contribution in [0, 0.1) is 0 Å². The van der Waals surface area contributed by atoms with Crippen LogP contribution < -0.4 is 9.13 Å². The highest BCUT2D eigenvalue weighted by Gasteiger charge is 2.09. The summed E-state index contributed by atoms with van der Waals surface area (Å²) in [4.78, 5) is 0. The number of benzene rings is 2. The van der Waals surface area contributed by atoms with E-state index in [-0.39, 0.29) is 5.75 Å². The minimum Gasteiger partial charge on any atom is -0.508 e. The van der Waals surface area contributed by atoms with Gasteiger partial charge >= 0.3 is 0 Å². The van der Waals surface area contributed by atoms with Crippen LogP contribution in [0.3, 0.4) is 0 Å². The molecule has 4 aromatic rings. The Bertz CT molecular complexity index is 978. The van der Waals surface area contributed by atoms with Gasteiger partial charge in [0.1, 0.15) is 5.75 Å². The molecule has 0 atom stereocenters. The molecule has 3 heteroatoms. The highest BCUT2D eigenvalue weighted by molar-refractivity contribution is 5.61. The van der Waals surface area contributed by atoms with E-state index in [9.17, 15) is 5.11 Å². The normalized spacial score (nSPS) is 10.6. The predicted molar refractivity (Wildman–Crippen MR) is 96.6 cm³/mol. The van der Waals surface area contributed by atoms with Gasteiger partial charge in [-0.1, -0.05) is 24.3 Å². The molecule has 1 N–H and O–H groups in total. The van der Waals surface area contributed by atoms with Crippen molar-refractivity contribution in [3.63, 3.8) is 0 Å². The first-order chi connectivity index (χ1) is 12.3. The molecule has 0 amide bonds. The van der Waals surface area contributed by atoms with Crippen molar-refractivity contribution in [2.24, 2.45) is 0 Å². The zero-order chi connectivity index (χ0) is 17.1. The molecule has 2 aromatic heterocycles. The Balaban J connectivity index is 1.60. The van der Waals surface area contributed by atoms with Gasteiger partial charge in [-0.15, -0.1) is 0 Å². The van der Waals surface area contributed by atoms with Crippen molar-refractivity contribution in [3.8, 4) is 28.3 Å². The molecule has 0 saturated carbocycles. The van der Waals surface area contributed by atoms with Gasteiger partial charge in [0.25, 0.3) is 0 Å². The summed E-state index contributed by atoms with van der Waals surface area (Å²) in [6.45, 7) is 0. The molecular formula is C22H18N2O+2. The first-order valence-corrected chi connectivity index (χ1v) is 8.17. The topological polar surface area (TPSA) is 28.0 Å². The minimum absolute atomic E-state index is 0.266. The predicted octanol–water partition coefficient (Wildman–Crippen LogP) is 3.61. The van der Waals surface area contributed by atoms with E-state index in [1.165, 1.54) is 0 Å². The first kappa shape index (κ1) is 15.1. The van der Waals surface area contributed by atoms with Crippen molar-refractivity contribution in [1.82, 2.24) is 0 Å². The van der Waals surface area contributed by atoms with E-state index in [4.69, 9.17) is 0 Å². The third kappa shape index (κ3) is 3.26. The van der Waals surface area contributed by atoms with Crippen molar-refractivity contribution in [2.45, 2.75) is 0 Å². The Morgan fingerprint density at radius 2 is 1.04 bits per heavy atom. The number of aromatic hydroxyl groups is 1. The van der Waals surface area contributed by atoms with E-state index >= 15 is 0 Å². The van der Waals surface area contributed by atoms with Crippen molar-refractivity contribution in [3.05, 3.63) is 104 Å². The van der Waals surface area contributed by atoms with Crippen LogP contribution in [-0.2, 0) is 0 Å². The SMILES string of the molecule is Oc1cccc(-[n+]2ccc(-c3cc[n+](-c4ccccc4)cc3)cc2)c1. The molecule has 0 aliphatic carbocycles. The third-order valence-corrected chi connectivity index (χ3v) is 4.17. The lowest BCUT2D eigenvalue weighted by atomic mass is 10.1. The summed E-state index contributed by atoms with van der Waals surface area (Å²) in [7, 11) is 0. The molecule has 0 spiro atoms. The van der Waals surface area contributed by atoms with Gasteiger partial charge in [0.2, 0.25) is 11.4 Å². The van der Waals surface area contributed by atoms with E-state index in [1.54, 1.807) is 12.1 Å². The summed E-state index contributed by atoms with van der Waals surface area (Å²) in [6.07, 6.45) is 8.15. The van der Waals surface area contributed by atoms with E-state index in [0.717, 1.165) is 22.5 Å². The van der Waals surface area contributed by atoms with Crippen molar-refractivity contribution in [2.75, 3.05) is 0 Å². The van der Waals surface area contributed by atoms with E-state index < -0.39 is 0 Å². The molecule has 2 aromatic carbocycles. The second-order valence-electron chi connectivity index (χ2n) is 5.84. The Morgan fingerprint density at radius 3 is 1.60 bits per heavy atom. The molecule has 25 heavy (non-hydrogen) atoms. The zero-order valence-corrected chi connectivity index (χ0v) is 13.7. The maximum atomic E-state index is 9.61. The Hall–Kier alpha value is -3.46. The fourth-order valence-electron chi connectivity index (χ4n) is 2.84. The maximum Gasteiger partial charge on any atom is 0.214 e. The maximum absolute atomic E-state index is 9.61. The van der Waals surface area contributed by atoms with E-state index in [0.29, 0.717) is 0 Å². The Kier molecular flexibility index (Phi) is 3.97. The molecule has 0 aliphatic rings. The lowest BCUT2D eigenvalue weighted by Gasteiger charge is -2.01. The van der Waals surface area contributed by atoms with Gasteiger partial charge in [-0.25, -0.2) is 0 Å². The average molecular weight is 326 g/mol. The van der Waals surface area contributed by atoms with Crippen LogP contribution in [0.4, 0.5) is 0 Å². The molecule has 0 radical (unpaired) electrons. The van der Waals surface area contributed by atoms with Gasteiger partial charge in [0.05, 0.1) is 6.07 Å². The van der Waals surface area contributed by atoms with Gasteiger partial charge in [-0.2, -0.15) is 9.13 Å². The van der Waals surface area contributed by atoms with Crippen molar-refractivity contribution in [1.29, 1.82) is 0 Å². The second-order valence-corrected chi connectivity index (χ2v) is 5.84. The molecular weight excluding hydrogens is 308 g/mol. The molecule has 120 valence electrons. The largest absolute Gasteiger partial charge is 0.508 e. The van der Waals surface area contributed by atoms with Crippen LogP contribution >= 0.6 is 0 Å². The van der Waals surface area contributed by atoms with E-state index in [1.807, 2.05) is 47.3 Å². The molecule has 0 unspecified atom stereocenters. The molecule has 0 saturated heterocycles. The highest BCUT2D eigenvalue weighted by atomic mass is 16.3. The van der Waals surface area contributed by atoms with Gasteiger partial charge in [-0.05, 0) is 17.2 Å². The summed E-state index contributed by atoms with van der Waals surface area (Å²) in [6, 6.07) is 25.8. The summed E-state index contributed by atoms with van der Waals surface area (Å²) < 4.78 is 4.08. The molecule has 0 aliphatic heterocycles. The number of phenolic OH excluding ortho intramolecular Hbond substituents is 1. The average Bonchev–Trinajstić information content (AvgIpc) is 2.69. The minimum atomic E-state index is 0.266. The second kappa shape index (κ2) is 6.57. The lowest BCUT2D eigenvalue weighted by molar-refractivity contribution is -0.596. The van der Waals surface area contributed by atoms with Crippen LogP contribution in [0.1, 0.15) is 0 Å². The lowest BCUT2D eigenvalue weighted by Crippen LogP contribution is -2.29. The number of pyridine rings is 2. The summed E-state index contributed by atoms with van der Waals surface area (Å²) in [5.74, 6) is 0.266. The molecule has 2 heterocycles. The smallest absolute Gasteiger partial charge is 0.214 e. The van der Waals surface area contributed by atoms with Crippen molar-refractivity contribution >= 4 is 0 Å². The monoisotopic (exact) mass is 326 g/mol. The van der Waals surface area contributed by atoms with Crippen LogP contribution in [0.15, 0.2) is 104 Å². The quantitative estimate of drug-likeness (QED) is 0.572. The number of hydrogen-bond donors (Lipinski definition) is 1. The fourth-order valence-corrected chi connectivity index (χ4v) is 2.84. The van der Waals surface area contributed by atoms with Crippen LogP contribution in [-0.4, -0.2) is 5.11 Å². The van der Waals surface area contributed by atoms with Gasteiger partial charge < -0.3 is 5.11 Å². The Labute approximate surface area is 146 Å². The van der Waals surface area contributed by atoms with Crippen LogP contribution in [0.2, 0.25) is 0 Å². The molecule has 0 fully saturated rings. The summed E-state index contributed by atoms with van der Waals surface area (Å²) in [5, 5.41) is 9.61. The summed E-state index contributed by atoms with van der Waals surface area (Å²) in [5.41, 5.74) is 4.39. The Morgan fingerprint density at radius 1 is 0.520 bits per heavy atom. The number of phenols is 1. The zero-order valence-electron chi connectivity index (χ0n) is 13.7. The van der Waals surface area contributed by atoms with Gasteiger partial charge in [-0.3, -0.25) is 0 Å². The highest BCUT2D eigenvalue weighted by Crippen LogP contribution is 2.17. The number of nitrogens with zero attached hydrogens (tertiary/aromatic N) is 2. The third-order valence-electron chi connectivity index (χ3n) is 4.17. The van der Waals surface area contributed by atoms with Gasteiger partial charge in [0, 0.05) is 42.5 Å². The van der Waals surface area contributed by atoms with Crippen LogP contribution in [0.5, 0.6) is 5.75 Å². The van der Waals surface area contributed by atoms with Crippen molar-refractivity contribution < 1.29 is 14.2 Å². The fraction of sp³-hybridized carbons (Fsp3) is 0. The molecule has 4 rings (SSSR count). The van der Waals surface area contributed by atoms with Crippen LogP contribution in [0.25, 0.3) is 22.5 Å². The first-order valence-electron chi connectivity index (χ1n) is 8.17. The number of aromatic nitrogens is 2. The number of para-hydroxylation sites is 1. The molecule has 0 bridgehead atoms. The number of hydrogen-bond acceptors (Lipinski definition) is 1. The van der Waals surface area contributed by atoms with E-state index in [2.05, 4.69) is 53.4 Å². The molecule has 3 nitrogen and oxygen atoms in total. The standard InChI is InChI=1S/C22H17N2O/c25-22-8-4-7-21(17-22)24-15-11-19(12-16-24)18-9-13-23(14-10-18)20-5-2-1-3-6-20/h1-17H/q+1/p+1. The number of rotatable bonds is 3.